The molecule has 8 heteroatoms. The van der Waals surface area contributed by atoms with Crippen LogP contribution >= 0.6 is 0 Å². The summed E-state index contributed by atoms with van der Waals surface area (Å²) in [4.78, 5) is 16.0. The highest BCUT2D eigenvalue weighted by Gasteiger charge is 2.30. The van der Waals surface area contributed by atoms with E-state index in [0.29, 0.717) is 12.5 Å². The number of hydrogen-bond acceptors (Lipinski definition) is 4. The third-order valence-electron chi connectivity index (χ3n) is 5.64. The predicted molar refractivity (Wildman–Crippen MR) is 113 cm³/mol. The number of nitrogens with zero attached hydrogens (tertiary/aromatic N) is 2. The van der Waals surface area contributed by atoms with Crippen molar-refractivity contribution in [2.24, 2.45) is 5.92 Å². The Bertz CT molecular complexity index is 748. The molecule has 0 heterocycles. The third-order valence-corrected chi connectivity index (χ3v) is 5.64. The largest absolute Gasteiger partial charge is 0.416 e. The van der Waals surface area contributed by atoms with E-state index >= 15 is 0 Å². The number of rotatable bonds is 7. The number of ether oxygens (including phenoxy) is 1. The molecule has 0 aromatic heterocycles. The van der Waals surface area contributed by atoms with E-state index < -0.39 is 17.8 Å². The van der Waals surface area contributed by atoms with Crippen molar-refractivity contribution >= 4 is 6.09 Å². The minimum Gasteiger partial charge on any atom is -0.410 e. The van der Waals surface area contributed by atoms with Gasteiger partial charge in [0.2, 0.25) is 0 Å². The third kappa shape index (κ3) is 8.08. The molecule has 5 nitrogen and oxygen atoms in total. The van der Waals surface area contributed by atoms with Crippen LogP contribution in [0.5, 0.6) is 5.75 Å². The van der Waals surface area contributed by atoms with Gasteiger partial charge in [0.25, 0.3) is 0 Å². The van der Waals surface area contributed by atoms with Gasteiger partial charge in [0.05, 0.1) is 12.2 Å². The zero-order chi connectivity index (χ0) is 22.9. The maximum absolute atomic E-state index is 12.6. The summed E-state index contributed by atoms with van der Waals surface area (Å²) in [7, 11) is 1.66. The lowest BCUT2D eigenvalue weighted by Gasteiger charge is -2.32. The molecule has 1 N–H and O–H groups in total. The van der Waals surface area contributed by atoms with Crippen LogP contribution in [-0.2, 0) is 6.18 Å². The minimum absolute atomic E-state index is 0.0279. The molecule has 0 atom stereocenters. The Morgan fingerprint density at radius 3 is 2.35 bits per heavy atom. The van der Waals surface area contributed by atoms with Gasteiger partial charge in [-0.1, -0.05) is 12.8 Å². The molecule has 0 unspecified atom stereocenters. The van der Waals surface area contributed by atoms with Crippen LogP contribution < -0.4 is 4.74 Å². The number of likely N-dealkylation sites (N-methyl/N-ethyl adjacent to an activating group) is 1. The van der Waals surface area contributed by atoms with E-state index in [2.05, 4.69) is 23.7 Å². The smallest absolute Gasteiger partial charge is 0.410 e. The summed E-state index contributed by atoms with van der Waals surface area (Å²) < 4.78 is 43.1. The average Bonchev–Trinajstić information content (AvgIpc) is 2.75. The zero-order valence-corrected chi connectivity index (χ0v) is 18.1. The summed E-state index contributed by atoms with van der Waals surface area (Å²) in [6.45, 7) is 4.61. The fraction of sp³-hybridized carbons (Fsp3) is 0.609. The Hall–Kier alpha value is -2.24. The molecule has 172 valence electrons. The molecule has 0 saturated heterocycles. The van der Waals surface area contributed by atoms with E-state index in [-0.39, 0.29) is 18.4 Å². The monoisotopic (exact) mass is 440 g/mol. The summed E-state index contributed by atoms with van der Waals surface area (Å²) in [6.07, 6.45) is -0.818. The number of aliphatic hydroxyl groups is 1. The van der Waals surface area contributed by atoms with Gasteiger partial charge in [-0.25, -0.2) is 4.79 Å². The fourth-order valence-corrected chi connectivity index (χ4v) is 3.64. The van der Waals surface area contributed by atoms with Gasteiger partial charge in [-0.2, -0.15) is 13.2 Å². The van der Waals surface area contributed by atoms with Crippen molar-refractivity contribution in [3.63, 3.8) is 0 Å². The molecule has 1 aliphatic carbocycles. The Balaban J connectivity index is 1.76. The minimum atomic E-state index is -4.42. The van der Waals surface area contributed by atoms with E-state index in [1.54, 1.807) is 7.05 Å². The fourth-order valence-electron chi connectivity index (χ4n) is 3.64. The lowest BCUT2D eigenvalue weighted by Crippen LogP contribution is -2.40. The number of amides is 1. The van der Waals surface area contributed by atoms with Crippen LogP contribution in [0.1, 0.15) is 44.6 Å². The Morgan fingerprint density at radius 1 is 1.16 bits per heavy atom. The van der Waals surface area contributed by atoms with Gasteiger partial charge in [-0.15, -0.1) is 5.92 Å². The van der Waals surface area contributed by atoms with Gasteiger partial charge in [0.15, 0.2) is 0 Å². The van der Waals surface area contributed by atoms with Crippen LogP contribution in [0.25, 0.3) is 0 Å². The molecule has 0 spiro atoms. The summed E-state index contributed by atoms with van der Waals surface area (Å²) in [5, 5.41) is 9.00. The zero-order valence-electron chi connectivity index (χ0n) is 18.1. The second-order valence-electron chi connectivity index (χ2n) is 7.74. The Labute approximate surface area is 182 Å². The first-order chi connectivity index (χ1) is 14.7. The molecule has 1 fully saturated rings. The van der Waals surface area contributed by atoms with Crippen molar-refractivity contribution in [3.05, 3.63) is 29.8 Å². The summed E-state index contributed by atoms with van der Waals surface area (Å²) in [5.74, 6) is 6.96. The molecule has 0 bridgehead atoms. The first kappa shape index (κ1) is 25.0. The summed E-state index contributed by atoms with van der Waals surface area (Å²) in [5.41, 5.74) is -0.782. The van der Waals surface area contributed by atoms with Crippen LogP contribution in [0, 0.1) is 17.8 Å². The number of carbonyl (C=O) groups is 1. The van der Waals surface area contributed by atoms with Crippen molar-refractivity contribution in [2.75, 3.05) is 33.3 Å². The standard InChI is InChI=1S/C23H31F3N2O3/c1-3-28(16-17-29)15-5-4-6-18-7-11-20(12-8-18)27(2)22(30)31-21-13-9-19(10-14-21)23(24,25)26/h9-10,13-14,18,20,29H,3,5,7-8,11-12,15-17H2,1-2H3. The number of alkyl halides is 3. The lowest BCUT2D eigenvalue weighted by atomic mass is 9.86. The molecule has 1 aliphatic rings. The van der Waals surface area contributed by atoms with E-state index in [4.69, 9.17) is 9.84 Å². The van der Waals surface area contributed by atoms with Gasteiger partial charge < -0.3 is 19.6 Å². The predicted octanol–water partition coefficient (Wildman–Crippen LogP) is 4.40. The van der Waals surface area contributed by atoms with Crippen LogP contribution in [0.15, 0.2) is 24.3 Å². The summed E-state index contributed by atoms with van der Waals surface area (Å²) in [6, 6.07) is 4.13. The van der Waals surface area contributed by atoms with Crippen LogP contribution in [0.3, 0.4) is 0 Å². The topological polar surface area (TPSA) is 53.0 Å². The van der Waals surface area contributed by atoms with Crippen LogP contribution in [0.2, 0.25) is 0 Å². The summed E-state index contributed by atoms with van der Waals surface area (Å²) >= 11 is 0. The van der Waals surface area contributed by atoms with Crippen molar-refractivity contribution in [1.29, 1.82) is 0 Å². The van der Waals surface area contributed by atoms with Crippen molar-refractivity contribution in [2.45, 2.75) is 51.2 Å². The molecule has 0 radical (unpaired) electrons. The highest BCUT2D eigenvalue weighted by molar-refractivity contribution is 5.70. The van der Waals surface area contributed by atoms with Crippen molar-refractivity contribution < 1.29 is 27.8 Å². The molecule has 1 aromatic rings. The molecule has 1 saturated carbocycles. The number of benzene rings is 1. The maximum Gasteiger partial charge on any atom is 0.416 e. The number of aliphatic hydroxyl groups excluding tert-OH is 1. The van der Waals surface area contributed by atoms with E-state index in [1.807, 2.05) is 0 Å². The van der Waals surface area contributed by atoms with Crippen LogP contribution in [-0.4, -0.2) is 60.3 Å². The van der Waals surface area contributed by atoms with Gasteiger partial charge in [-0.05, 0) is 56.5 Å². The maximum atomic E-state index is 12.6. The van der Waals surface area contributed by atoms with E-state index in [0.717, 1.165) is 69.5 Å². The highest BCUT2D eigenvalue weighted by atomic mass is 19.4. The van der Waals surface area contributed by atoms with E-state index in [1.165, 1.54) is 4.90 Å². The molecule has 2 rings (SSSR count). The molecular formula is C23H31F3N2O3. The van der Waals surface area contributed by atoms with Gasteiger partial charge in [0, 0.05) is 38.5 Å². The van der Waals surface area contributed by atoms with Crippen molar-refractivity contribution in [1.82, 2.24) is 9.80 Å². The Morgan fingerprint density at radius 2 is 1.81 bits per heavy atom. The number of hydrogen-bond donors (Lipinski definition) is 1. The molecule has 1 aromatic carbocycles. The number of halogens is 3. The highest BCUT2D eigenvalue weighted by Crippen LogP contribution is 2.31. The van der Waals surface area contributed by atoms with Crippen LogP contribution in [0.4, 0.5) is 18.0 Å². The average molecular weight is 441 g/mol. The first-order valence-electron chi connectivity index (χ1n) is 10.7. The number of carbonyl (C=O) groups excluding carboxylic acids is 1. The Kier molecular flexibility index (Phi) is 9.66. The van der Waals surface area contributed by atoms with Crippen molar-refractivity contribution in [3.8, 4) is 17.6 Å². The van der Waals surface area contributed by atoms with Gasteiger partial charge >= 0.3 is 12.3 Å². The first-order valence-corrected chi connectivity index (χ1v) is 10.7. The van der Waals surface area contributed by atoms with Gasteiger partial charge in [-0.3, -0.25) is 0 Å². The molecule has 1 amide bonds. The second kappa shape index (κ2) is 12.0. The molecule has 0 aliphatic heterocycles. The lowest BCUT2D eigenvalue weighted by molar-refractivity contribution is -0.137. The normalized spacial score (nSPS) is 18.9. The van der Waals surface area contributed by atoms with Gasteiger partial charge in [0.1, 0.15) is 5.75 Å². The molecular weight excluding hydrogens is 409 g/mol. The molecule has 31 heavy (non-hydrogen) atoms. The SMILES string of the molecule is CCN(CCO)CCC#CC1CCC(N(C)C(=O)Oc2ccc(C(F)(F)F)cc2)CC1. The van der Waals surface area contributed by atoms with E-state index in [9.17, 15) is 18.0 Å². The second-order valence-corrected chi connectivity index (χ2v) is 7.74. The quantitative estimate of drug-likeness (QED) is 0.639.